The molecule has 0 aliphatic carbocycles. The van der Waals surface area contributed by atoms with Crippen molar-refractivity contribution >= 4 is 32.3 Å². The summed E-state index contributed by atoms with van der Waals surface area (Å²) in [5.41, 5.74) is 1.34. The first-order valence-electron chi connectivity index (χ1n) is 5.89. The molecule has 18 heavy (non-hydrogen) atoms. The van der Waals surface area contributed by atoms with Crippen molar-refractivity contribution in [1.82, 2.24) is 0 Å². The van der Waals surface area contributed by atoms with Crippen molar-refractivity contribution in [3.8, 4) is 0 Å². The van der Waals surface area contributed by atoms with Crippen molar-refractivity contribution in [1.29, 1.82) is 0 Å². The van der Waals surface area contributed by atoms with Crippen LogP contribution in [0.15, 0.2) is 48.5 Å². The number of aryl methyl sites for hydroxylation is 1. The Balaban J connectivity index is 0.000001000. The first-order chi connectivity index (χ1) is 8.34. The number of benzene rings is 4. The van der Waals surface area contributed by atoms with Gasteiger partial charge < -0.3 is 0 Å². The fourth-order valence-electron chi connectivity index (χ4n) is 2.80. The third-order valence-electron chi connectivity index (χ3n) is 3.66. The molecule has 1 radical (unpaired) electrons. The summed E-state index contributed by atoms with van der Waals surface area (Å²) in [7, 11) is 0. The van der Waals surface area contributed by atoms with Crippen LogP contribution < -0.4 is 0 Å². The van der Waals surface area contributed by atoms with Crippen LogP contribution in [0.2, 0.25) is 0 Å². The molecule has 0 bridgehead atoms. The predicted molar refractivity (Wildman–Crippen MR) is 73.7 cm³/mol. The Bertz CT molecular complexity index is 830. The van der Waals surface area contributed by atoms with Crippen LogP contribution in [0.3, 0.4) is 0 Å². The second kappa shape index (κ2) is 4.29. The summed E-state index contributed by atoms with van der Waals surface area (Å²) in [5, 5.41) is 7.94. The van der Waals surface area contributed by atoms with Gasteiger partial charge in [0.2, 0.25) is 0 Å². The van der Waals surface area contributed by atoms with Crippen LogP contribution in [-0.2, 0) is 32.7 Å². The standard InChI is InChI=1S/C17H11.Y/c1-11-5-6-14-8-7-12-3-2-4-13-9-10-15(11)17(14)16(12)13;/h2,4-10H,1H3;/q-1;. The van der Waals surface area contributed by atoms with Crippen LogP contribution in [0, 0.1) is 13.0 Å². The first kappa shape index (κ1) is 12.1. The van der Waals surface area contributed by atoms with E-state index in [1.807, 2.05) is 6.07 Å². The summed E-state index contributed by atoms with van der Waals surface area (Å²) in [6.07, 6.45) is 0. The van der Waals surface area contributed by atoms with Gasteiger partial charge in [0, 0.05) is 32.7 Å². The van der Waals surface area contributed by atoms with E-state index < -0.39 is 0 Å². The molecule has 1 heteroatoms. The van der Waals surface area contributed by atoms with Gasteiger partial charge in [0.25, 0.3) is 0 Å². The molecule has 0 nitrogen and oxygen atoms in total. The zero-order valence-electron chi connectivity index (χ0n) is 10.2. The van der Waals surface area contributed by atoms with Gasteiger partial charge in [-0.3, -0.25) is 0 Å². The summed E-state index contributed by atoms with van der Waals surface area (Å²) in [6.45, 7) is 2.18. The van der Waals surface area contributed by atoms with Gasteiger partial charge in [0.1, 0.15) is 0 Å². The fourth-order valence-corrected chi connectivity index (χ4v) is 2.80. The summed E-state index contributed by atoms with van der Waals surface area (Å²) in [6, 6.07) is 20.7. The Kier molecular flexibility index (Phi) is 2.88. The minimum absolute atomic E-state index is 0. The van der Waals surface area contributed by atoms with Crippen LogP contribution >= 0.6 is 0 Å². The van der Waals surface area contributed by atoms with E-state index in [0.29, 0.717) is 0 Å². The predicted octanol–water partition coefficient (Wildman–Crippen LogP) is 4.69. The van der Waals surface area contributed by atoms with Crippen molar-refractivity contribution in [2.24, 2.45) is 0 Å². The molecule has 0 saturated carbocycles. The van der Waals surface area contributed by atoms with E-state index in [-0.39, 0.29) is 32.7 Å². The van der Waals surface area contributed by atoms with E-state index in [4.69, 9.17) is 0 Å². The Morgan fingerprint density at radius 1 is 0.778 bits per heavy atom. The quantitative estimate of drug-likeness (QED) is 0.326. The third-order valence-corrected chi connectivity index (χ3v) is 3.66. The van der Waals surface area contributed by atoms with Crippen molar-refractivity contribution in [3.63, 3.8) is 0 Å². The van der Waals surface area contributed by atoms with Gasteiger partial charge >= 0.3 is 0 Å². The van der Waals surface area contributed by atoms with Gasteiger partial charge in [-0.15, -0.1) is 35.0 Å². The second-order valence-corrected chi connectivity index (χ2v) is 4.65. The van der Waals surface area contributed by atoms with Crippen LogP contribution in [0.4, 0.5) is 0 Å². The Labute approximate surface area is 131 Å². The Morgan fingerprint density at radius 2 is 1.50 bits per heavy atom. The summed E-state index contributed by atoms with van der Waals surface area (Å²) < 4.78 is 0. The molecule has 0 N–H and O–H groups in total. The summed E-state index contributed by atoms with van der Waals surface area (Å²) >= 11 is 0. The van der Waals surface area contributed by atoms with E-state index in [0.717, 1.165) is 0 Å². The minimum atomic E-state index is 0. The smallest absolute Gasteiger partial charge is 0 e. The maximum absolute atomic E-state index is 3.33. The largest absolute Gasteiger partial charge is 0.146 e. The first-order valence-corrected chi connectivity index (χ1v) is 5.89. The molecule has 4 aromatic rings. The maximum atomic E-state index is 3.33. The van der Waals surface area contributed by atoms with Crippen LogP contribution in [0.25, 0.3) is 32.3 Å². The summed E-state index contributed by atoms with van der Waals surface area (Å²) in [4.78, 5) is 0. The number of rotatable bonds is 0. The zero-order chi connectivity index (χ0) is 11.4. The average molecular weight is 304 g/mol. The molecule has 4 aromatic carbocycles. The average Bonchev–Trinajstić information content (AvgIpc) is 2.38. The Morgan fingerprint density at radius 3 is 2.39 bits per heavy atom. The molecule has 83 valence electrons. The fraction of sp³-hybridized carbons (Fsp3) is 0.0588. The van der Waals surface area contributed by atoms with E-state index in [2.05, 4.69) is 55.5 Å². The van der Waals surface area contributed by atoms with Gasteiger partial charge in [0.15, 0.2) is 0 Å². The molecule has 0 aliphatic rings. The molecule has 0 aliphatic heterocycles. The van der Waals surface area contributed by atoms with Gasteiger partial charge in [-0.25, -0.2) is 0 Å². The van der Waals surface area contributed by atoms with Crippen molar-refractivity contribution in [3.05, 3.63) is 60.2 Å². The van der Waals surface area contributed by atoms with Crippen LogP contribution in [0.1, 0.15) is 5.56 Å². The third kappa shape index (κ3) is 1.52. The molecule has 0 unspecified atom stereocenters. The van der Waals surface area contributed by atoms with Crippen LogP contribution in [0.5, 0.6) is 0 Å². The monoisotopic (exact) mass is 304 g/mol. The Hall–Kier alpha value is -0.976. The second-order valence-electron chi connectivity index (χ2n) is 4.65. The molecular weight excluding hydrogens is 293 g/mol. The number of hydrogen-bond donors (Lipinski definition) is 0. The van der Waals surface area contributed by atoms with Crippen LogP contribution in [-0.4, -0.2) is 0 Å². The molecule has 0 fully saturated rings. The zero-order valence-corrected chi connectivity index (χ0v) is 13.0. The van der Waals surface area contributed by atoms with Gasteiger partial charge in [0.05, 0.1) is 0 Å². The van der Waals surface area contributed by atoms with Gasteiger partial charge in [-0.2, -0.15) is 0 Å². The summed E-state index contributed by atoms with van der Waals surface area (Å²) in [5.74, 6) is 0. The molecule has 0 saturated heterocycles. The number of hydrogen-bond acceptors (Lipinski definition) is 0. The molecule has 0 atom stereocenters. The van der Waals surface area contributed by atoms with Crippen molar-refractivity contribution in [2.75, 3.05) is 0 Å². The van der Waals surface area contributed by atoms with Gasteiger partial charge in [-0.1, -0.05) is 35.7 Å². The molecule has 0 spiro atoms. The van der Waals surface area contributed by atoms with Crippen molar-refractivity contribution < 1.29 is 32.7 Å². The van der Waals surface area contributed by atoms with Crippen molar-refractivity contribution in [2.45, 2.75) is 6.92 Å². The maximum Gasteiger partial charge on any atom is 0 e. The van der Waals surface area contributed by atoms with E-state index in [1.54, 1.807) is 0 Å². The topological polar surface area (TPSA) is 0 Å². The molecular formula is C17H11Y-. The van der Waals surface area contributed by atoms with E-state index >= 15 is 0 Å². The molecule has 0 aromatic heterocycles. The molecule has 4 rings (SSSR count). The minimum Gasteiger partial charge on any atom is -0.146 e. The SMILES string of the molecule is Cc1ccc2ccc3[c-]ccc4ccc1c2c34.[Y]. The van der Waals surface area contributed by atoms with E-state index in [9.17, 15) is 0 Å². The van der Waals surface area contributed by atoms with E-state index in [1.165, 1.54) is 37.9 Å². The normalized spacial score (nSPS) is 11.2. The molecule has 0 amide bonds. The molecule has 0 heterocycles. The van der Waals surface area contributed by atoms with Gasteiger partial charge in [-0.05, 0) is 28.6 Å².